The van der Waals surface area contributed by atoms with Crippen LogP contribution in [0, 0.1) is 0 Å². The second-order valence-electron chi connectivity index (χ2n) is 2.94. The van der Waals surface area contributed by atoms with Crippen molar-refractivity contribution in [2.45, 2.75) is 6.92 Å². The number of ether oxygens (including phenoxy) is 1. The normalized spacial score (nSPS) is 10.2. The molecule has 0 atom stereocenters. The summed E-state index contributed by atoms with van der Waals surface area (Å²) in [7, 11) is 0. The summed E-state index contributed by atoms with van der Waals surface area (Å²) in [4.78, 5) is 15.5. The average Bonchev–Trinajstić information content (AvgIpc) is 2.27. The lowest BCUT2D eigenvalue weighted by molar-refractivity contribution is 0.0922. The van der Waals surface area contributed by atoms with E-state index in [1.165, 1.54) is 0 Å². The van der Waals surface area contributed by atoms with E-state index in [2.05, 4.69) is 26.2 Å². The number of nitrogens with zero attached hydrogens (tertiary/aromatic N) is 1. The van der Waals surface area contributed by atoms with Crippen molar-refractivity contribution in [3.8, 4) is 0 Å². The molecule has 0 aromatic carbocycles. The molecular weight excluding hydrogens is 295 g/mol. The van der Waals surface area contributed by atoms with Crippen LogP contribution in [0.3, 0.4) is 0 Å². The highest BCUT2D eigenvalue weighted by Crippen LogP contribution is 2.17. The van der Waals surface area contributed by atoms with E-state index in [9.17, 15) is 4.79 Å². The van der Waals surface area contributed by atoms with Gasteiger partial charge in [-0.05, 0) is 28.9 Å². The van der Waals surface area contributed by atoms with E-state index in [-0.39, 0.29) is 11.1 Å². The lowest BCUT2D eigenvalue weighted by atomic mass is 10.2. The molecule has 1 amide bonds. The van der Waals surface area contributed by atoms with Crippen LogP contribution in [0.25, 0.3) is 0 Å². The van der Waals surface area contributed by atoms with E-state index in [4.69, 9.17) is 16.3 Å². The van der Waals surface area contributed by atoms with Gasteiger partial charge >= 0.3 is 0 Å². The van der Waals surface area contributed by atoms with Crippen molar-refractivity contribution >= 4 is 33.4 Å². The van der Waals surface area contributed by atoms with Gasteiger partial charge in [-0.2, -0.15) is 0 Å². The van der Waals surface area contributed by atoms with Gasteiger partial charge in [-0.1, -0.05) is 11.6 Å². The average molecular weight is 308 g/mol. The molecule has 4 nitrogen and oxygen atoms in total. The Bertz CT molecular complexity index is 374. The number of hydrogen-bond donors (Lipinski definition) is 1. The van der Waals surface area contributed by atoms with Crippen LogP contribution >= 0.6 is 27.5 Å². The van der Waals surface area contributed by atoms with Crippen LogP contribution in [0.1, 0.15) is 17.3 Å². The molecule has 0 bridgehead atoms. The number of pyridine rings is 1. The van der Waals surface area contributed by atoms with Crippen LogP contribution in [0.2, 0.25) is 5.15 Å². The van der Waals surface area contributed by atoms with Crippen LogP contribution in [-0.4, -0.2) is 30.6 Å². The van der Waals surface area contributed by atoms with Gasteiger partial charge in [0.05, 0.1) is 12.2 Å². The number of carbonyl (C=O) groups excluding carboxylic acids is 1. The maximum Gasteiger partial charge on any atom is 0.254 e. The predicted octanol–water partition coefficient (Wildman–Crippen LogP) is 2.26. The summed E-state index contributed by atoms with van der Waals surface area (Å²) >= 11 is 9.04. The Kier molecular flexibility index (Phi) is 5.73. The summed E-state index contributed by atoms with van der Waals surface area (Å²) < 4.78 is 5.82. The van der Waals surface area contributed by atoms with Gasteiger partial charge in [0, 0.05) is 23.8 Å². The van der Waals surface area contributed by atoms with Gasteiger partial charge in [0.25, 0.3) is 5.91 Å². The van der Waals surface area contributed by atoms with Gasteiger partial charge in [0.2, 0.25) is 0 Å². The van der Waals surface area contributed by atoms with E-state index in [1.807, 2.05) is 6.92 Å². The van der Waals surface area contributed by atoms with Crippen LogP contribution in [-0.2, 0) is 4.74 Å². The lowest BCUT2D eigenvalue weighted by Gasteiger charge is -2.06. The smallest absolute Gasteiger partial charge is 0.254 e. The Hall–Kier alpha value is -0.650. The molecule has 0 aliphatic heterocycles. The molecule has 0 radical (unpaired) electrons. The summed E-state index contributed by atoms with van der Waals surface area (Å²) in [5.41, 5.74) is 0.354. The third-order valence-electron chi connectivity index (χ3n) is 1.79. The third-order valence-corrected chi connectivity index (χ3v) is 2.52. The molecule has 1 rings (SSSR count). The van der Waals surface area contributed by atoms with Crippen molar-refractivity contribution in [3.63, 3.8) is 0 Å². The molecule has 0 aliphatic carbocycles. The lowest BCUT2D eigenvalue weighted by Crippen LogP contribution is -2.27. The largest absolute Gasteiger partial charge is 0.380 e. The van der Waals surface area contributed by atoms with E-state index in [1.54, 1.807) is 12.3 Å². The van der Waals surface area contributed by atoms with Crippen molar-refractivity contribution in [1.82, 2.24) is 10.3 Å². The number of carbonyl (C=O) groups is 1. The first kappa shape index (κ1) is 13.4. The van der Waals surface area contributed by atoms with Crippen molar-refractivity contribution in [3.05, 3.63) is 27.5 Å². The van der Waals surface area contributed by atoms with E-state index >= 15 is 0 Å². The zero-order chi connectivity index (χ0) is 12.0. The summed E-state index contributed by atoms with van der Waals surface area (Å²) in [6, 6.07) is 1.63. The quantitative estimate of drug-likeness (QED) is 0.670. The number of aromatic nitrogens is 1. The number of rotatable bonds is 5. The fraction of sp³-hybridized carbons (Fsp3) is 0.400. The summed E-state index contributed by atoms with van der Waals surface area (Å²) in [6.07, 6.45) is 1.54. The fourth-order valence-corrected chi connectivity index (χ4v) is 1.58. The van der Waals surface area contributed by atoms with Crippen molar-refractivity contribution < 1.29 is 9.53 Å². The van der Waals surface area contributed by atoms with E-state index in [0.29, 0.717) is 29.8 Å². The summed E-state index contributed by atoms with van der Waals surface area (Å²) in [5, 5.41) is 2.88. The predicted molar refractivity (Wildman–Crippen MR) is 65.8 cm³/mol. The molecule has 1 heterocycles. The molecule has 0 aliphatic rings. The van der Waals surface area contributed by atoms with E-state index in [0.717, 1.165) is 0 Å². The molecule has 1 aromatic heterocycles. The second kappa shape index (κ2) is 6.83. The SMILES string of the molecule is CCOCCNC(=O)c1cc(Br)cnc1Cl. The Morgan fingerprint density at radius 2 is 2.44 bits per heavy atom. The highest BCUT2D eigenvalue weighted by atomic mass is 79.9. The topological polar surface area (TPSA) is 51.2 Å². The molecule has 1 N–H and O–H groups in total. The van der Waals surface area contributed by atoms with Gasteiger partial charge in [-0.25, -0.2) is 4.98 Å². The Balaban J connectivity index is 2.55. The van der Waals surface area contributed by atoms with E-state index < -0.39 is 0 Å². The molecule has 16 heavy (non-hydrogen) atoms. The van der Waals surface area contributed by atoms with Crippen LogP contribution in [0.15, 0.2) is 16.7 Å². The second-order valence-corrected chi connectivity index (χ2v) is 4.22. The first-order chi connectivity index (χ1) is 7.65. The van der Waals surface area contributed by atoms with Gasteiger partial charge < -0.3 is 10.1 Å². The van der Waals surface area contributed by atoms with Crippen LogP contribution in [0.4, 0.5) is 0 Å². The van der Waals surface area contributed by atoms with Gasteiger partial charge in [-0.15, -0.1) is 0 Å². The molecule has 0 spiro atoms. The highest BCUT2D eigenvalue weighted by Gasteiger charge is 2.11. The number of hydrogen-bond acceptors (Lipinski definition) is 3. The monoisotopic (exact) mass is 306 g/mol. The van der Waals surface area contributed by atoms with Gasteiger partial charge in [0.15, 0.2) is 0 Å². The molecule has 6 heteroatoms. The minimum Gasteiger partial charge on any atom is -0.380 e. The Labute approximate surface area is 107 Å². The highest BCUT2D eigenvalue weighted by molar-refractivity contribution is 9.10. The minimum absolute atomic E-state index is 0.192. The first-order valence-electron chi connectivity index (χ1n) is 4.82. The summed E-state index contributed by atoms with van der Waals surface area (Å²) in [5.74, 6) is -0.251. The van der Waals surface area contributed by atoms with Gasteiger partial charge in [0.1, 0.15) is 5.15 Å². The standard InChI is InChI=1S/C10H12BrClN2O2/c1-2-16-4-3-13-10(15)8-5-7(11)6-14-9(8)12/h5-6H,2-4H2,1H3,(H,13,15). The fourth-order valence-electron chi connectivity index (χ4n) is 1.06. The zero-order valence-corrected chi connectivity index (χ0v) is 11.1. The van der Waals surface area contributed by atoms with Crippen molar-refractivity contribution in [2.24, 2.45) is 0 Å². The van der Waals surface area contributed by atoms with Crippen LogP contribution in [0.5, 0.6) is 0 Å². The molecule has 0 fully saturated rings. The van der Waals surface area contributed by atoms with Crippen molar-refractivity contribution in [2.75, 3.05) is 19.8 Å². The molecule has 1 aromatic rings. The Morgan fingerprint density at radius 1 is 1.69 bits per heavy atom. The molecule has 0 saturated heterocycles. The molecule has 0 saturated carbocycles. The first-order valence-corrected chi connectivity index (χ1v) is 5.99. The minimum atomic E-state index is -0.251. The molecule has 0 unspecified atom stereocenters. The molecular formula is C10H12BrClN2O2. The van der Waals surface area contributed by atoms with Crippen LogP contribution < -0.4 is 5.32 Å². The van der Waals surface area contributed by atoms with Crippen molar-refractivity contribution in [1.29, 1.82) is 0 Å². The number of nitrogens with one attached hydrogen (secondary N) is 1. The maximum atomic E-state index is 11.7. The zero-order valence-electron chi connectivity index (χ0n) is 8.80. The Morgan fingerprint density at radius 3 is 3.12 bits per heavy atom. The van der Waals surface area contributed by atoms with Gasteiger partial charge in [-0.3, -0.25) is 4.79 Å². The summed E-state index contributed by atoms with van der Waals surface area (Å²) in [6.45, 7) is 3.47. The maximum absolute atomic E-state index is 11.7. The number of amides is 1. The molecule has 88 valence electrons. The number of halogens is 2. The third kappa shape index (κ3) is 4.08.